The molecule has 6 nitrogen and oxygen atoms in total. The van der Waals surface area contributed by atoms with Crippen molar-refractivity contribution in [3.63, 3.8) is 0 Å². The van der Waals surface area contributed by atoms with Crippen molar-refractivity contribution in [2.24, 2.45) is 4.99 Å². The average molecular weight is 400 g/mol. The van der Waals surface area contributed by atoms with Gasteiger partial charge in [-0.2, -0.15) is 0 Å². The van der Waals surface area contributed by atoms with Gasteiger partial charge in [0.15, 0.2) is 5.96 Å². The second-order valence-corrected chi connectivity index (χ2v) is 6.97. The van der Waals surface area contributed by atoms with E-state index in [0.717, 1.165) is 18.5 Å². The Bertz CT molecular complexity index is 795. The summed E-state index contributed by atoms with van der Waals surface area (Å²) in [4.78, 5) is 20.1. The molecule has 0 atom stereocenters. The third-order valence-corrected chi connectivity index (χ3v) is 4.37. The molecule has 0 bridgehead atoms. The molecule has 0 heterocycles. The van der Waals surface area contributed by atoms with Gasteiger partial charge in [0.25, 0.3) is 0 Å². The summed E-state index contributed by atoms with van der Waals surface area (Å²) in [7, 11) is 5.48. The van der Waals surface area contributed by atoms with Crippen molar-refractivity contribution in [3.8, 4) is 0 Å². The molecule has 2 aromatic rings. The Morgan fingerprint density at radius 2 is 1.79 bits per heavy atom. The number of aliphatic imine (C=N–C) groups is 1. The zero-order chi connectivity index (χ0) is 21.1. The summed E-state index contributed by atoms with van der Waals surface area (Å²) in [5.41, 5.74) is 1.94. The number of guanidine groups is 1. The van der Waals surface area contributed by atoms with Crippen molar-refractivity contribution in [2.45, 2.75) is 13.0 Å². The van der Waals surface area contributed by atoms with Crippen molar-refractivity contribution in [2.75, 3.05) is 45.7 Å². The molecule has 0 aliphatic rings. The summed E-state index contributed by atoms with van der Waals surface area (Å²) < 4.78 is 13.4. The molecule has 0 aliphatic carbocycles. The van der Waals surface area contributed by atoms with Crippen LogP contribution in [0, 0.1) is 5.82 Å². The minimum absolute atomic E-state index is 0.0472. The van der Waals surface area contributed by atoms with Gasteiger partial charge in [0.05, 0.1) is 13.1 Å². The van der Waals surface area contributed by atoms with Gasteiger partial charge in [0.1, 0.15) is 5.82 Å². The largest absolute Gasteiger partial charge is 0.375 e. The molecule has 0 aliphatic heterocycles. The van der Waals surface area contributed by atoms with Crippen LogP contribution in [0.25, 0.3) is 0 Å². The Hall–Kier alpha value is -3.09. The quantitative estimate of drug-likeness (QED) is 0.386. The number of rotatable bonds is 9. The van der Waals surface area contributed by atoms with E-state index in [2.05, 4.69) is 39.7 Å². The Morgan fingerprint density at radius 3 is 2.48 bits per heavy atom. The number of likely N-dealkylation sites (N-methyl/N-ethyl adjacent to an activating group) is 1. The fourth-order valence-corrected chi connectivity index (χ4v) is 2.63. The summed E-state index contributed by atoms with van der Waals surface area (Å²) in [5.74, 6) is 0.202. The summed E-state index contributed by atoms with van der Waals surface area (Å²) in [6.45, 7) is 2.05. The van der Waals surface area contributed by atoms with Crippen LogP contribution in [0.2, 0.25) is 0 Å². The number of halogens is 1. The minimum Gasteiger partial charge on any atom is -0.375 e. The first-order chi connectivity index (χ1) is 14.0. The number of nitrogens with zero attached hydrogens (tertiary/aromatic N) is 3. The van der Waals surface area contributed by atoms with Crippen molar-refractivity contribution in [3.05, 3.63) is 66.0 Å². The predicted molar refractivity (Wildman–Crippen MR) is 117 cm³/mol. The first kappa shape index (κ1) is 22.2. The SMILES string of the molecule is CN(C)C(=O)CNC(=NCc1cccc(F)c1)NCCCN(C)c1ccccc1. The molecule has 0 fully saturated rings. The number of hydrogen-bond donors (Lipinski definition) is 2. The topological polar surface area (TPSA) is 60.0 Å². The van der Waals surface area contributed by atoms with Crippen LogP contribution < -0.4 is 15.5 Å². The predicted octanol–water partition coefficient (Wildman–Crippen LogP) is 2.48. The highest BCUT2D eigenvalue weighted by atomic mass is 19.1. The molecule has 2 N–H and O–H groups in total. The van der Waals surface area contributed by atoms with Crippen molar-refractivity contribution < 1.29 is 9.18 Å². The van der Waals surface area contributed by atoms with Crippen molar-refractivity contribution in [1.29, 1.82) is 0 Å². The van der Waals surface area contributed by atoms with E-state index >= 15 is 0 Å². The normalized spacial score (nSPS) is 11.1. The molecule has 0 aromatic heterocycles. The van der Waals surface area contributed by atoms with E-state index in [0.29, 0.717) is 19.0 Å². The lowest BCUT2D eigenvalue weighted by Crippen LogP contribution is -2.43. The zero-order valence-electron chi connectivity index (χ0n) is 17.4. The molecule has 156 valence electrons. The molecule has 0 radical (unpaired) electrons. The molecule has 29 heavy (non-hydrogen) atoms. The molecule has 0 spiro atoms. The second-order valence-electron chi connectivity index (χ2n) is 6.97. The first-order valence-corrected chi connectivity index (χ1v) is 9.68. The Kier molecular flexibility index (Phi) is 8.95. The van der Waals surface area contributed by atoms with Crippen LogP contribution >= 0.6 is 0 Å². The number of carbonyl (C=O) groups is 1. The van der Waals surface area contributed by atoms with E-state index in [1.54, 1.807) is 20.2 Å². The van der Waals surface area contributed by atoms with Gasteiger partial charge < -0.3 is 20.4 Å². The number of anilines is 1. The van der Waals surface area contributed by atoms with E-state index < -0.39 is 0 Å². The second kappa shape index (κ2) is 11.7. The fourth-order valence-electron chi connectivity index (χ4n) is 2.63. The van der Waals surface area contributed by atoms with Gasteiger partial charge in [0.2, 0.25) is 5.91 Å². The number of nitrogens with one attached hydrogen (secondary N) is 2. The van der Waals surface area contributed by atoms with Crippen molar-refractivity contribution in [1.82, 2.24) is 15.5 Å². The Labute approximate surface area is 172 Å². The molecule has 2 rings (SSSR count). The van der Waals surface area contributed by atoms with E-state index in [-0.39, 0.29) is 18.3 Å². The highest BCUT2D eigenvalue weighted by Crippen LogP contribution is 2.10. The highest BCUT2D eigenvalue weighted by Gasteiger charge is 2.06. The lowest BCUT2D eigenvalue weighted by Gasteiger charge is -2.20. The average Bonchev–Trinajstić information content (AvgIpc) is 2.72. The Morgan fingerprint density at radius 1 is 1.03 bits per heavy atom. The zero-order valence-corrected chi connectivity index (χ0v) is 17.4. The van der Waals surface area contributed by atoms with Crippen LogP contribution in [0.4, 0.5) is 10.1 Å². The van der Waals surface area contributed by atoms with Gasteiger partial charge in [0, 0.05) is 39.9 Å². The third kappa shape index (κ3) is 8.21. The first-order valence-electron chi connectivity index (χ1n) is 9.68. The molecule has 7 heteroatoms. The van der Waals surface area contributed by atoms with Crippen molar-refractivity contribution >= 4 is 17.6 Å². The van der Waals surface area contributed by atoms with Crippen LogP contribution in [-0.4, -0.2) is 57.5 Å². The monoisotopic (exact) mass is 399 g/mol. The van der Waals surface area contributed by atoms with E-state index in [4.69, 9.17) is 0 Å². The fraction of sp³-hybridized carbons (Fsp3) is 0.364. The van der Waals surface area contributed by atoms with E-state index in [1.807, 2.05) is 24.3 Å². The third-order valence-electron chi connectivity index (χ3n) is 4.37. The number of carbonyl (C=O) groups excluding carboxylic acids is 1. The maximum atomic E-state index is 13.4. The number of amides is 1. The molecule has 0 saturated carbocycles. The molecule has 0 saturated heterocycles. The maximum Gasteiger partial charge on any atom is 0.241 e. The van der Waals surface area contributed by atoms with Crippen LogP contribution in [0.15, 0.2) is 59.6 Å². The van der Waals surface area contributed by atoms with E-state index in [1.165, 1.54) is 22.7 Å². The number of benzene rings is 2. The lowest BCUT2D eigenvalue weighted by atomic mass is 10.2. The summed E-state index contributed by atoms with van der Waals surface area (Å²) in [6.07, 6.45) is 0.897. The molecular weight excluding hydrogens is 369 g/mol. The molecule has 2 aromatic carbocycles. The highest BCUT2D eigenvalue weighted by molar-refractivity contribution is 5.86. The van der Waals surface area contributed by atoms with Crippen LogP contribution in [0.1, 0.15) is 12.0 Å². The van der Waals surface area contributed by atoms with Gasteiger partial charge in [-0.05, 0) is 36.2 Å². The number of hydrogen-bond acceptors (Lipinski definition) is 3. The van der Waals surface area contributed by atoms with Gasteiger partial charge in [-0.3, -0.25) is 4.79 Å². The standard InChI is InChI=1S/C22H30FN5O/c1-27(2)21(29)17-26-22(25-16-18-9-7-10-19(23)15-18)24-13-8-14-28(3)20-11-5-4-6-12-20/h4-7,9-12,15H,8,13-14,16-17H2,1-3H3,(H2,24,25,26). The molecular formula is C22H30FN5O. The van der Waals surface area contributed by atoms with Gasteiger partial charge in [-0.1, -0.05) is 30.3 Å². The molecule has 1 amide bonds. The van der Waals surface area contributed by atoms with Gasteiger partial charge in [-0.25, -0.2) is 9.38 Å². The minimum atomic E-state index is -0.285. The molecule has 0 unspecified atom stereocenters. The summed E-state index contributed by atoms with van der Waals surface area (Å²) in [6, 6.07) is 16.5. The number of para-hydroxylation sites is 1. The summed E-state index contributed by atoms with van der Waals surface area (Å²) >= 11 is 0. The lowest BCUT2D eigenvalue weighted by molar-refractivity contribution is -0.127. The maximum absolute atomic E-state index is 13.4. The van der Waals surface area contributed by atoms with Gasteiger partial charge >= 0.3 is 0 Å². The van der Waals surface area contributed by atoms with Crippen LogP contribution in [0.5, 0.6) is 0 Å². The summed E-state index contributed by atoms with van der Waals surface area (Å²) in [5, 5.41) is 6.30. The Balaban J connectivity index is 1.88. The smallest absolute Gasteiger partial charge is 0.241 e. The van der Waals surface area contributed by atoms with Crippen LogP contribution in [-0.2, 0) is 11.3 Å². The van der Waals surface area contributed by atoms with E-state index in [9.17, 15) is 9.18 Å². The van der Waals surface area contributed by atoms with Crippen LogP contribution in [0.3, 0.4) is 0 Å². The van der Waals surface area contributed by atoms with Gasteiger partial charge in [-0.15, -0.1) is 0 Å².